The van der Waals surface area contributed by atoms with Gasteiger partial charge in [-0.1, -0.05) is 12.1 Å². The summed E-state index contributed by atoms with van der Waals surface area (Å²) in [5.41, 5.74) is -2.27. The van der Waals surface area contributed by atoms with Gasteiger partial charge in [-0.3, -0.25) is 0 Å². The summed E-state index contributed by atoms with van der Waals surface area (Å²) in [5, 5.41) is 13.5. The molecule has 1 aliphatic rings. The van der Waals surface area contributed by atoms with Crippen molar-refractivity contribution in [1.82, 2.24) is 9.88 Å². The number of rotatable bonds is 5. The Morgan fingerprint density at radius 3 is 2.20 bits per heavy atom. The molecular formula is C24H24F6N4O. The number of benzene rings is 2. The molecule has 0 radical (unpaired) electrons. The van der Waals surface area contributed by atoms with E-state index >= 15 is 0 Å². The number of fused-ring (bicyclic) bond motifs is 1. The molecule has 2 aromatic carbocycles. The van der Waals surface area contributed by atoms with Crippen LogP contribution in [0.4, 0.5) is 37.7 Å². The molecule has 3 aromatic rings. The van der Waals surface area contributed by atoms with Gasteiger partial charge in [-0.2, -0.15) is 26.3 Å². The van der Waals surface area contributed by atoms with Gasteiger partial charge in [0.05, 0.1) is 17.2 Å². The summed E-state index contributed by atoms with van der Waals surface area (Å²) >= 11 is 0. The van der Waals surface area contributed by atoms with E-state index in [1.54, 1.807) is 12.1 Å². The van der Waals surface area contributed by atoms with Crippen LogP contribution in [0.15, 0.2) is 48.5 Å². The van der Waals surface area contributed by atoms with Crippen LogP contribution in [0, 0.1) is 0 Å². The number of nitrogens with zero attached hydrogens (tertiary/aromatic N) is 3. The van der Waals surface area contributed by atoms with Gasteiger partial charge in [0.1, 0.15) is 5.69 Å². The standard InChI is InChI=1S/C24H24F6N4O/c1-33-9-11-34(12-10-33)16-7-5-15(6-8-16)31-14-20(35)18-13-21(24(28,29)30)32-22-17(18)3-2-4-19(22)23(25,26)27/h2-8,13,20,31,35H,9-12,14H2,1H3. The fourth-order valence-electron chi connectivity index (χ4n) is 4.10. The number of aliphatic hydroxyl groups excluding tert-OH is 1. The van der Waals surface area contributed by atoms with Gasteiger partial charge in [-0.15, -0.1) is 0 Å². The fourth-order valence-corrected chi connectivity index (χ4v) is 4.10. The second-order valence-electron chi connectivity index (χ2n) is 8.53. The maximum atomic E-state index is 13.4. The van der Waals surface area contributed by atoms with Crippen LogP contribution in [0.1, 0.15) is 22.9 Å². The first-order valence-corrected chi connectivity index (χ1v) is 11.0. The van der Waals surface area contributed by atoms with Crippen LogP contribution in [0.5, 0.6) is 0 Å². The molecule has 2 N–H and O–H groups in total. The molecule has 11 heteroatoms. The third-order valence-corrected chi connectivity index (χ3v) is 6.06. The topological polar surface area (TPSA) is 51.6 Å². The first-order chi connectivity index (χ1) is 16.4. The van der Waals surface area contributed by atoms with Gasteiger partial charge in [0.2, 0.25) is 0 Å². The second-order valence-corrected chi connectivity index (χ2v) is 8.53. The number of piperazine rings is 1. The van der Waals surface area contributed by atoms with E-state index in [-0.39, 0.29) is 17.5 Å². The van der Waals surface area contributed by atoms with Crippen LogP contribution in [0.2, 0.25) is 0 Å². The Bertz CT molecular complexity index is 1170. The Hall–Kier alpha value is -3.05. The Morgan fingerprint density at radius 1 is 0.943 bits per heavy atom. The summed E-state index contributed by atoms with van der Waals surface area (Å²) in [6.45, 7) is 3.46. The van der Waals surface area contributed by atoms with E-state index in [0.717, 1.165) is 37.9 Å². The second kappa shape index (κ2) is 9.54. The molecule has 1 aromatic heterocycles. The van der Waals surface area contributed by atoms with Crippen molar-refractivity contribution in [2.24, 2.45) is 0 Å². The lowest BCUT2D eigenvalue weighted by molar-refractivity contribution is -0.142. The number of nitrogens with one attached hydrogen (secondary N) is 1. The molecule has 2 heterocycles. The van der Waals surface area contributed by atoms with E-state index in [1.165, 1.54) is 6.07 Å². The van der Waals surface area contributed by atoms with Gasteiger partial charge in [-0.25, -0.2) is 4.98 Å². The zero-order valence-electron chi connectivity index (χ0n) is 18.8. The average molecular weight is 498 g/mol. The Labute approximate surface area is 198 Å². The molecule has 1 unspecified atom stereocenters. The predicted octanol–water partition coefficient (Wildman–Crippen LogP) is 5.17. The summed E-state index contributed by atoms with van der Waals surface area (Å²) in [5.74, 6) is 0. The lowest BCUT2D eigenvalue weighted by atomic mass is 9.99. The SMILES string of the molecule is CN1CCN(c2ccc(NCC(O)c3cc(C(F)(F)F)nc4c(C(F)(F)F)cccc34)cc2)CC1. The predicted molar refractivity (Wildman–Crippen MR) is 121 cm³/mol. The van der Waals surface area contributed by atoms with Crippen LogP contribution in [-0.4, -0.2) is 54.8 Å². The Morgan fingerprint density at radius 2 is 1.60 bits per heavy atom. The van der Waals surface area contributed by atoms with Crippen LogP contribution in [-0.2, 0) is 12.4 Å². The van der Waals surface area contributed by atoms with Gasteiger partial charge in [0.25, 0.3) is 0 Å². The van der Waals surface area contributed by atoms with Crippen LogP contribution < -0.4 is 10.2 Å². The van der Waals surface area contributed by atoms with E-state index in [2.05, 4.69) is 27.1 Å². The van der Waals surface area contributed by atoms with Crippen LogP contribution in [0.25, 0.3) is 10.9 Å². The molecule has 0 amide bonds. The molecule has 1 aliphatic heterocycles. The van der Waals surface area contributed by atoms with E-state index in [1.807, 2.05) is 12.1 Å². The minimum absolute atomic E-state index is 0.187. The van der Waals surface area contributed by atoms with Gasteiger partial charge < -0.3 is 20.2 Å². The summed E-state index contributed by atoms with van der Waals surface area (Å²) in [4.78, 5) is 7.72. The largest absolute Gasteiger partial charge is 0.433 e. The molecule has 1 fully saturated rings. The Balaban J connectivity index is 1.57. The number of hydrogen-bond donors (Lipinski definition) is 2. The number of aromatic nitrogens is 1. The minimum atomic E-state index is -4.98. The maximum Gasteiger partial charge on any atom is 0.433 e. The molecule has 0 saturated carbocycles. The lowest BCUT2D eigenvalue weighted by Gasteiger charge is -2.34. The number of halogens is 6. The molecular weight excluding hydrogens is 474 g/mol. The number of likely N-dealkylation sites (N-methyl/N-ethyl adjacent to an activating group) is 1. The highest BCUT2D eigenvalue weighted by Gasteiger charge is 2.38. The summed E-state index contributed by atoms with van der Waals surface area (Å²) in [6, 6.07) is 11.0. The van der Waals surface area contributed by atoms with Gasteiger partial charge in [-0.05, 0) is 49.0 Å². The fraction of sp³-hybridized carbons (Fsp3) is 0.375. The van der Waals surface area contributed by atoms with Crippen LogP contribution in [0.3, 0.4) is 0 Å². The first-order valence-electron chi connectivity index (χ1n) is 11.0. The van der Waals surface area contributed by atoms with Crippen molar-refractivity contribution >= 4 is 22.3 Å². The first kappa shape index (κ1) is 25.1. The summed E-state index contributed by atoms with van der Waals surface area (Å²) < 4.78 is 80.5. The van der Waals surface area contributed by atoms with Crippen molar-refractivity contribution < 1.29 is 31.4 Å². The highest BCUT2D eigenvalue weighted by molar-refractivity contribution is 5.86. The smallest absolute Gasteiger partial charge is 0.387 e. The van der Waals surface area contributed by atoms with Gasteiger partial charge in [0.15, 0.2) is 0 Å². The third-order valence-electron chi connectivity index (χ3n) is 6.06. The van der Waals surface area contributed by atoms with Crippen molar-refractivity contribution in [3.63, 3.8) is 0 Å². The average Bonchev–Trinajstić information content (AvgIpc) is 2.81. The molecule has 0 spiro atoms. The Kier molecular flexibility index (Phi) is 6.83. The van der Waals surface area contributed by atoms with Crippen molar-refractivity contribution in [1.29, 1.82) is 0 Å². The quantitative estimate of drug-likeness (QED) is 0.476. The zero-order chi connectivity index (χ0) is 25.4. The molecule has 35 heavy (non-hydrogen) atoms. The number of para-hydroxylation sites is 1. The maximum absolute atomic E-state index is 13.4. The number of anilines is 2. The molecule has 4 rings (SSSR count). The molecule has 5 nitrogen and oxygen atoms in total. The van der Waals surface area contributed by atoms with Gasteiger partial charge in [0, 0.05) is 49.5 Å². The monoisotopic (exact) mass is 498 g/mol. The zero-order valence-corrected chi connectivity index (χ0v) is 18.8. The molecule has 1 atom stereocenters. The molecule has 1 saturated heterocycles. The van der Waals surface area contributed by atoms with E-state index in [9.17, 15) is 31.4 Å². The molecule has 188 valence electrons. The minimum Gasteiger partial charge on any atom is -0.387 e. The number of hydrogen-bond acceptors (Lipinski definition) is 5. The highest BCUT2D eigenvalue weighted by atomic mass is 19.4. The normalized spacial score (nSPS) is 16.5. The number of aliphatic hydroxyl groups is 1. The summed E-state index contributed by atoms with van der Waals surface area (Å²) in [7, 11) is 2.06. The third kappa shape index (κ3) is 5.62. The van der Waals surface area contributed by atoms with E-state index in [0.29, 0.717) is 17.8 Å². The number of alkyl halides is 6. The highest BCUT2D eigenvalue weighted by Crippen LogP contribution is 2.39. The summed E-state index contributed by atoms with van der Waals surface area (Å²) in [6.07, 6.45) is -11.4. The molecule has 0 bridgehead atoms. The van der Waals surface area contributed by atoms with Crippen molar-refractivity contribution in [2.45, 2.75) is 18.5 Å². The van der Waals surface area contributed by atoms with Crippen LogP contribution >= 0.6 is 0 Å². The van der Waals surface area contributed by atoms with Crippen molar-refractivity contribution in [3.8, 4) is 0 Å². The molecule has 0 aliphatic carbocycles. The van der Waals surface area contributed by atoms with E-state index in [4.69, 9.17) is 0 Å². The lowest BCUT2D eigenvalue weighted by Crippen LogP contribution is -2.44. The van der Waals surface area contributed by atoms with Gasteiger partial charge >= 0.3 is 12.4 Å². The van der Waals surface area contributed by atoms with Crippen molar-refractivity contribution in [3.05, 3.63) is 65.4 Å². The number of pyridine rings is 1. The van der Waals surface area contributed by atoms with Crippen molar-refractivity contribution in [2.75, 3.05) is 50.0 Å². The van der Waals surface area contributed by atoms with E-state index < -0.39 is 35.2 Å².